The molecule has 66 valence electrons. The maximum Gasteiger partial charge on any atom is 0.354 e. The van der Waals surface area contributed by atoms with Crippen LogP contribution in [0.2, 0.25) is 0 Å². The molecule has 0 aliphatic heterocycles. The minimum atomic E-state index is -1.04. The van der Waals surface area contributed by atoms with Gasteiger partial charge in [-0.1, -0.05) is 0 Å². The lowest BCUT2D eigenvalue weighted by Gasteiger charge is -1.92. The Morgan fingerprint density at radius 3 is 2.42 bits per heavy atom. The molecule has 0 spiro atoms. The molecule has 12 heavy (non-hydrogen) atoms. The summed E-state index contributed by atoms with van der Waals surface area (Å²) in [5, 5.41) is 8.37. The number of nitrogens with two attached hydrogens (primary N) is 2. The molecular formula is C7H11N3O2. The Morgan fingerprint density at radius 2 is 2.08 bits per heavy atom. The highest BCUT2D eigenvalue weighted by atomic mass is 16.4. The highest BCUT2D eigenvalue weighted by molar-refractivity contribution is 5.85. The number of anilines is 1. The van der Waals surface area contributed by atoms with Gasteiger partial charge in [-0.3, -0.25) is 0 Å². The highest BCUT2D eigenvalue weighted by Gasteiger charge is 2.00. The van der Waals surface area contributed by atoms with Gasteiger partial charge in [0, 0.05) is 0 Å². The molecule has 0 bridgehead atoms. The van der Waals surface area contributed by atoms with Gasteiger partial charge in [0.2, 0.25) is 0 Å². The Balaban J connectivity index is 0.000000561. The first-order valence-corrected chi connectivity index (χ1v) is 3.22. The Labute approximate surface area is 70.0 Å². The molecule has 5 heteroatoms. The van der Waals surface area contributed by atoms with Crippen molar-refractivity contribution >= 4 is 11.7 Å². The van der Waals surface area contributed by atoms with E-state index < -0.39 is 5.97 Å². The third-order valence-electron chi connectivity index (χ3n) is 1.01. The van der Waals surface area contributed by atoms with Crippen LogP contribution >= 0.6 is 0 Å². The van der Waals surface area contributed by atoms with Crippen LogP contribution in [0.15, 0.2) is 18.3 Å². The number of aromatic carboxylic acids is 1. The van der Waals surface area contributed by atoms with Crippen LogP contribution < -0.4 is 11.5 Å². The molecule has 0 aliphatic rings. The second kappa shape index (κ2) is 5.09. The summed E-state index contributed by atoms with van der Waals surface area (Å²) < 4.78 is 0. The van der Waals surface area contributed by atoms with Gasteiger partial charge < -0.3 is 16.6 Å². The van der Waals surface area contributed by atoms with Crippen LogP contribution in [0, 0.1) is 0 Å². The zero-order valence-electron chi connectivity index (χ0n) is 6.69. The van der Waals surface area contributed by atoms with E-state index in [9.17, 15) is 4.79 Å². The van der Waals surface area contributed by atoms with Gasteiger partial charge >= 0.3 is 5.97 Å². The standard InChI is InChI=1S/C6H6N2O2.CH5N/c7-4-1-2-5(6(9)10)8-3-4;1-2/h1-3H,7H2,(H,9,10);2H2,1H3. The summed E-state index contributed by atoms with van der Waals surface area (Å²) in [6.45, 7) is 0. The van der Waals surface area contributed by atoms with Crippen molar-refractivity contribution in [3.63, 3.8) is 0 Å². The molecule has 5 N–H and O–H groups in total. The molecule has 1 aromatic heterocycles. The fourth-order valence-electron chi connectivity index (χ4n) is 0.532. The van der Waals surface area contributed by atoms with Gasteiger partial charge in [0.1, 0.15) is 5.69 Å². The van der Waals surface area contributed by atoms with Crippen molar-refractivity contribution in [2.24, 2.45) is 5.73 Å². The minimum absolute atomic E-state index is 0.00852. The first-order valence-electron chi connectivity index (χ1n) is 3.22. The number of hydrogen-bond donors (Lipinski definition) is 3. The number of nitrogen functional groups attached to an aromatic ring is 1. The number of hydrogen-bond acceptors (Lipinski definition) is 4. The Hall–Kier alpha value is -1.62. The lowest BCUT2D eigenvalue weighted by Crippen LogP contribution is -1.99. The predicted octanol–water partition coefficient (Wildman–Crippen LogP) is -0.0631. The molecule has 5 nitrogen and oxygen atoms in total. The molecule has 1 rings (SSSR count). The van der Waals surface area contributed by atoms with Crippen molar-refractivity contribution in [1.82, 2.24) is 4.98 Å². The Bertz CT molecular complexity index is 245. The number of carboxylic acids is 1. The second-order valence-corrected chi connectivity index (χ2v) is 1.78. The molecule has 0 aromatic carbocycles. The number of rotatable bonds is 1. The number of carbonyl (C=O) groups is 1. The van der Waals surface area contributed by atoms with Gasteiger partial charge in [0.25, 0.3) is 0 Å². The van der Waals surface area contributed by atoms with E-state index in [1.165, 1.54) is 25.4 Å². The number of carboxylic acid groups (broad SMARTS) is 1. The summed E-state index contributed by atoms with van der Waals surface area (Å²) in [7, 11) is 1.50. The molecule has 0 radical (unpaired) electrons. The first-order chi connectivity index (χ1) is 5.70. The maximum atomic E-state index is 10.2. The molecular weight excluding hydrogens is 158 g/mol. The normalized spacial score (nSPS) is 8.17. The van der Waals surface area contributed by atoms with Crippen molar-refractivity contribution in [3.05, 3.63) is 24.0 Å². The number of pyridine rings is 1. The van der Waals surface area contributed by atoms with Gasteiger partial charge in [-0.2, -0.15) is 0 Å². The summed E-state index contributed by atoms with van der Waals surface area (Å²) >= 11 is 0. The topological polar surface area (TPSA) is 102 Å². The third-order valence-corrected chi connectivity index (χ3v) is 1.01. The van der Waals surface area contributed by atoms with E-state index in [0.29, 0.717) is 5.69 Å². The zero-order chi connectivity index (χ0) is 9.56. The van der Waals surface area contributed by atoms with Crippen LogP contribution in [0.3, 0.4) is 0 Å². The van der Waals surface area contributed by atoms with Crippen molar-refractivity contribution in [1.29, 1.82) is 0 Å². The monoisotopic (exact) mass is 169 g/mol. The minimum Gasteiger partial charge on any atom is -0.477 e. The Kier molecular flexibility index (Phi) is 4.40. The molecule has 0 amide bonds. The predicted molar refractivity (Wildman–Crippen MR) is 45.7 cm³/mol. The van der Waals surface area contributed by atoms with E-state index in [2.05, 4.69) is 10.7 Å². The van der Waals surface area contributed by atoms with E-state index in [-0.39, 0.29) is 5.69 Å². The molecule has 0 unspecified atom stereocenters. The molecule has 1 heterocycles. The fraction of sp³-hybridized carbons (Fsp3) is 0.143. The van der Waals surface area contributed by atoms with Crippen molar-refractivity contribution in [3.8, 4) is 0 Å². The fourth-order valence-corrected chi connectivity index (χ4v) is 0.532. The molecule has 0 fully saturated rings. The summed E-state index contributed by atoms with van der Waals surface area (Å²) in [5.41, 5.74) is 10.2. The van der Waals surface area contributed by atoms with E-state index in [0.717, 1.165) is 0 Å². The van der Waals surface area contributed by atoms with Crippen LogP contribution in [0.1, 0.15) is 10.5 Å². The largest absolute Gasteiger partial charge is 0.477 e. The lowest BCUT2D eigenvalue weighted by atomic mass is 10.3. The van der Waals surface area contributed by atoms with E-state index in [1.807, 2.05) is 0 Å². The SMILES string of the molecule is CN.Nc1ccc(C(=O)O)nc1. The molecule has 0 saturated carbocycles. The van der Waals surface area contributed by atoms with Crippen molar-refractivity contribution in [2.75, 3.05) is 12.8 Å². The molecule has 0 aliphatic carbocycles. The van der Waals surface area contributed by atoms with E-state index in [4.69, 9.17) is 10.8 Å². The van der Waals surface area contributed by atoms with E-state index in [1.54, 1.807) is 0 Å². The van der Waals surface area contributed by atoms with Gasteiger partial charge in [0.15, 0.2) is 0 Å². The zero-order valence-corrected chi connectivity index (χ0v) is 6.69. The van der Waals surface area contributed by atoms with Crippen LogP contribution in [0.25, 0.3) is 0 Å². The summed E-state index contributed by atoms with van der Waals surface area (Å²) in [4.78, 5) is 13.8. The number of aromatic nitrogens is 1. The van der Waals surface area contributed by atoms with Gasteiger partial charge in [-0.15, -0.1) is 0 Å². The third kappa shape index (κ3) is 2.98. The summed E-state index contributed by atoms with van der Waals surface area (Å²) in [6.07, 6.45) is 1.31. The second-order valence-electron chi connectivity index (χ2n) is 1.78. The van der Waals surface area contributed by atoms with Crippen molar-refractivity contribution < 1.29 is 9.90 Å². The average Bonchev–Trinajstić information content (AvgIpc) is 2.09. The van der Waals surface area contributed by atoms with Crippen molar-refractivity contribution in [2.45, 2.75) is 0 Å². The van der Waals surface area contributed by atoms with Gasteiger partial charge in [-0.05, 0) is 19.2 Å². The van der Waals surface area contributed by atoms with Gasteiger partial charge in [0.05, 0.1) is 11.9 Å². The van der Waals surface area contributed by atoms with Crippen LogP contribution in [-0.2, 0) is 0 Å². The van der Waals surface area contributed by atoms with Crippen LogP contribution in [0.5, 0.6) is 0 Å². The lowest BCUT2D eigenvalue weighted by molar-refractivity contribution is 0.0690. The quantitative estimate of drug-likeness (QED) is 0.546. The Morgan fingerprint density at radius 1 is 1.50 bits per heavy atom. The van der Waals surface area contributed by atoms with Crippen LogP contribution in [-0.4, -0.2) is 23.1 Å². The summed E-state index contributed by atoms with van der Waals surface area (Å²) in [5.74, 6) is -1.04. The average molecular weight is 169 g/mol. The summed E-state index contributed by atoms with van der Waals surface area (Å²) in [6, 6.07) is 2.86. The smallest absolute Gasteiger partial charge is 0.354 e. The van der Waals surface area contributed by atoms with E-state index >= 15 is 0 Å². The molecule has 1 aromatic rings. The molecule has 0 saturated heterocycles. The van der Waals surface area contributed by atoms with Crippen LogP contribution in [0.4, 0.5) is 5.69 Å². The molecule has 0 atom stereocenters. The van der Waals surface area contributed by atoms with Gasteiger partial charge in [-0.25, -0.2) is 9.78 Å². The number of nitrogens with zero attached hydrogens (tertiary/aromatic N) is 1. The first kappa shape index (κ1) is 10.4. The maximum absolute atomic E-state index is 10.2. The highest BCUT2D eigenvalue weighted by Crippen LogP contribution is 1.99.